The average molecular weight is 490 g/mol. The summed E-state index contributed by atoms with van der Waals surface area (Å²) in [5, 5.41) is 19.5. The second-order valence-electron chi connectivity index (χ2n) is 9.88. The van der Waals surface area contributed by atoms with Crippen LogP contribution in [0.2, 0.25) is 0 Å². The molecule has 1 aliphatic rings. The van der Waals surface area contributed by atoms with Crippen LogP contribution < -0.4 is 20.7 Å². The van der Waals surface area contributed by atoms with Gasteiger partial charge in [-0.25, -0.2) is 0 Å². The van der Waals surface area contributed by atoms with Crippen LogP contribution >= 0.6 is 0 Å². The molecule has 0 saturated heterocycles. The van der Waals surface area contributed by atoms with E-state index < -0.39 is 18.2 Å². The number of fused-ring (bicyclic) bond motifs is 1. The van der Waals surface area contributed by atoms with Crippen LogP contribution in [0.5, 0.6) is 5.75 Å². The van der Waals surface area contributed by atoms with E-state index in [4.69, 9.17) is 4.74 Å². The summed E-state index contributed by atoms with van der Waals surface area (Å²) in [6.07, 6.45) is 4.49. The zero-order valence-corrected chi connectivity index (χ0v) is 21.6. The van der Waals surface area contributed by atoms with Gasteiger partial charge in [0.1, 0.15) is 11.8 Å². The van der Waals surface area contributed by atoms with Gasteiger partial charge in [0.05, 0.1) is 12.1 Å². The summed E-state index contributed by atoms with van der Waals surface area (Å²) >= 11 is 0. The van der Waals surface area contributed by atoms with E-state index in [-0.39, 0.29) is 42.6 Å². The number of rotatable bonds is 7. The Balaban J connectivity index is 2.11. The van der Waals surface area contributed by atoms with Crippen LogP contribution in [-0.4, -0.2) is 54.2 Å². The van der Waals surface area contributed by atoms with Crippen molar-refractivity contribution < 1.29 is 24.2 Å². The van der Waals surface area contributed by atoms with Gasteiger partial charge < -0.3 is 25.8 Å². The maximum absolute atomic E-state index is 12.9. The molecule has 3 amide bonds. The largest absolute Gasteiger partial charge is 0.483 e. The van der Waals surface area contributed by atoms with Gasteiger partial charge in [0.2, 0.25) is 11.8 Å². The monoisotopic (exact) mass is 489 g/mol. The van der Waals surface area contributed by atoms with Crippen molar-refractivity contribution in [1.29, 1.82) is 0 Å². The Hall–Kier alpha value is -2.61. The van der Waals surface area contributed by atoms with Crippen molar-refractivity contribution in [2.45, 2.75) is 90.8 Å². The second kappa shape index (κ2) is 14.7. The first kappa shape index (κ1) is 28.6. The number of hydrogen-bond acceptors (Lipinski definition) is 5. The minimum absolute atomic E-state index is 0.0895. The molecule has 0 spiro atoms. The maximum Gasteiger partial charge on any atom is 0.258 e. The molecule has 0 bridgehead atoms. The third-order valence-electron chi connectivity index (χ3n) is 6.57. The molecule has 1 aromatic carbocycles. The number of aliphatic hydroxyl groups is 1. The predicted molar refractivity (Wildman–Crippen MR) is 136 cm³/mol. The molecule has 1 aliphatic heterocycles. The van der Waals surface area contributed by atoms with Crippen LogP contribution in [0.15, 0.2) is 24.3 Å². The topological polar surface area (TPSA) is 117 Å². The molecule has 196 valence electrons. The van der Waals surface area contributed by atoms with Gasteiger partial charge in [-0.05, 0) is 56.6 Å². The lowest BCUT2D eigenvalue weighted by Gasteiger charge is -2.29. The number of aryl methyl sites for hydroxylation is 1. The minimum Gasteiger partial charge on any atom is -0.483 e. The van der Waals surface area contributed by atoms with Crippen molar-refractivity contribution >= 4 is 17.7 Å². The lowest BCUT2D eigenvalue weighted by atomic mass is 9.89. The lowest BCUT2D eigenvalue weighted by Crippen LogP contribution is -2.52. The van der Waals surface area contributed by atoms with E-state index in [1.54, 1.807) is 13.8 Å². The van der Waals surface area contributed by atoms with Crippen LogP contribution in [0.1, 0.15) is 71.8 Å². The van der Waals surface area contributed by atoms with Crippen LogP contribution in [0.25, 0.3) is 0 Å². The fraction of sp³-hybridized carbons (Fsp3) is 0.667. The molecule has 0 aromatic heterocycles. The molecule has 4 N–H and O–H groups in total. The smallest absolute Gasteiger partial charge is 0.258 e. The number of nitrogens with one attached hydrogen (secondary N) is 3. The summed E-state index contributed by atoms with van der Waals surface area (Å²) in [7, 11) is 0. The van der Waals surface area contributed by atoms with Crippen LogP contribution in [0.4, 0.5) is 0 Å². The summed E-state index contributed by atoms with van der Waals surface area (Å²) in [5.41, 5.74) is 1.05. The van der Waals surface area contributed by atoms with E-state index in [2.05, 4.69) is 29.8 Å². The van der Waals surface area contributed by atoms with Crippen molar-refractivity contribution in [3.63, 3.8) is 0 Å². The van der Waals surface area contributed by atoms with Crippen molar-refractivity contribution in [3.05, 3.63) is 29.8 Å². The Morgan fingerprint density at radius 1 is 1.23 bits per heavy atom. The third-order valence-corrected chi connectivity index (χ3v) is 6.57. The minimum atomic E-state index is -0.879. The Kier molecular flexibility index (Phi) is 12.0. The molecular weight excluding hydrogens is 446 g/mol. The second-order valence-corrected chi connectivity index (χ2v) is 9.88. The first-order valence-electron chi connectivity index (χ1n) is 13.0. The Morgan fingerprint density at radius 3 is 2.71 bits per heavy atom. The number of aliphatic hydroxyl groups excluding tert-OH is 1. The van der Waals surface area contributed by atoms with E-state index in [0.717, 1.165) is 37.7 Å². The highest BCUT2D eigenvalue weighted by Crippen LogP contribution is 2.24. The van der Waals surface area contributed by atoms with Gasteiger partial charge in [0.25, 0.3) is 5.91 Å². The molecule has 8 nitrogen and oxygen atoms in total. The highest BCUT2D eigenvalue weighted by molar-refractivity contribution is 5.88. The standard InChI is InChI=1S/C27H43N3O5/c1-5-6-14-28-26(33)19(3)16-23(31)22-15-18(2)10-9-12-21-11-7-8-13-24(21)35-17-25(32)29-20(4)27(34)30-22/h7-8,11,13,18-20,22-23,31H,5-6,9-10,12,14-17H2,1-4H3,(H,28,33)(H,29,32)(H,30,34)/t18-,19-,20+,22+,23+/m1/s1. The zero-order chi connectivity index (χ0) is 25.8. The van der Waals surface area contributed by atoms with Gasteiger partial charge in [-0.15, -0.1) is 0 Å². The molecule has 0 radical (unpaired) electrons. The van der Waals surface area contributed by atoms with Crippen LogP contribution in [0, 0.1) is 11.8 Å². The van der Waals surface area contributed by atoms with Crippen molar-refractivity contribution in [2.75, 3.05) is 13.2 Å². The van der Waals surface area contributed by atoms with Gasteiger partial charge >= 0.3 is 0 Å². The van der Waals surface area contributed by atoms with Gasteiger partial charge in [0, 0.05) is 12.5 Å². The number of benzene rings is 1. The van der Waals surface area contributed by atoms with E-state index in [0.29, 0.717) is 18.7 Å². The zero-order valence-electron chi connectivity index (χ0n) is 21.6. The van der Waals surface area contributed by atoms with Gasteiger partial charge in [-0.1, -0.05) is 51.8 Å². The SMILES string of the molecule is CCCCNC(=O)[C@H](C)C[C@H](O)[C@@H]1C[C@H](C)CCCc2ccccc2OCC(=O)N[C@@H](C)C(=O)N1. The quantitative estimate of drug-likeness (QED) is 0.440. The van der Waals surface area contributed by atoms with Crippen molar-refractivity contribution in [3.8, 4) is 5.75 Å². The molecule has 8 heteroatoms. The first-order chi connectivity index (χ1) is 16.7. The summed E-state index contributed by atoms with van der Waals surface area (Å²) in [6.45, 7) is 8.02. The Bertz CT molecular complexity index is 831. The molecule has 0 saturated carbocycles. The number of amides is 3. The summed E-state index contributed by atoms with van der Waals surface area (Å²) in [6, 6.07) is 6.38. The first-order valence-corrected chi connectivity index (χ1v) is 13.0. The van der Waals surface area contributed by atoms with Crippen molar-refractivity contribution in [2.24, 2.45) is 11.8 Å². The molecule has 0 aliphatic carbocycles. The van der Waals surface area contributed by atoms with Gasteiger partial charge in [-0.3, -0.25) is 14.4 Å². The average Bonchev–Trinajstić information content (AvgIpc) is 2.82. The molecule has 0 fully saturated rings. The molecule has 35 heavy (non-hydrogen) atoms. The van der Waals surface area contributed by atoms with E-state index in [1.165, 1.54) is 0 Å². The predicted octanol–water partition coefficient (Wildman–Crippen LogP) is 2.72. The van der Waals surface area contributed by atoms with E-state index in [1.807, 2.05) is 24.3 Å². The highest BCUT2D eigenvalue weighted by Gasteiger charge is 2.29. The lowest BCUT2D eigenvalue weighted by molar-refractivity contribution is -0.130. The number of unbranched alkanes of at least 4 members (excludes halogenated alkanes) is 1. The fourth-order valence-corrected chi connectivity index (χ4v) is 4.35. The number of ether oxygens (including phenoxy) is 1. The summed E-state index contributed by atoms with van der Waals surface area (Å²) < 4.78 is 5.73. The molecular formula is C27H43N3O5. The number of carbonyl (C=O) groups excluding carboxylic acids is 3. The van der Waals surface area contributed by atoms with Crippen molar-refractivity contribution in [1.82, 2.24) is 16.0 Å². The third kappa shape index (κ3) is 9.88. The molecule has 2 rings (SSSR count). The van der Waals surface area contributed by atoms with Crippen LogP contribution in [0.3, 0.4) is 0 Å². The number of carbonyl (C=O) groups is 3. The van der Waals surface area contributed by atoms with E-state index in [9.17, 15) is 19.5 Å². The summed E-state index contributed by atoms with van der Waals surface area (Å²) in [4.78, 5) is 37.6. The molecule has 1 aromatic rings. The summed E-state index contributed by atoms with van der Waals surface area (Å²) in [5.74, 6) is -0.302. The number of hydrogen-bond donors (Lipinski definition) is 4. The van der Waals surface area contributed by atoms with Gasteiger partial charge in [-0.2, -0.15) is 0 Å². The fourth-order valence-electron chi connectivity index (χ4n) is 4.35. The Morgan fingerprint density at radius 2 is 1.97 bits per heavy atom. The number of para-hydroxylation sites is 1. The van der Waals surface area contributed by atoms with Crippen LogP contribution in [-0.2, 0) is 20.8 Å². The van der Waals surface area contributed by atoms with E-state index >= 15 is 0 Å². The molecule has 0 unspecified atom stereocenters. The highest BCUT2D eigenvalue weighted by atomic mass is 16.5. The maximum atomic E-state index is 12.9. The Labute approximate surface area is 209 Å². The molecule has 1 heterocycles. The normalized spacial score (nSPS) is 23.9. The van der Waals surface area contributed by atoms with Gasteiger partial charge in [0.15, 0.2) is 6.61 Å². The molecule has 5 atom stereocenters.